The van der Waals surface area contributed by atoms with Crippen LogP contribution in [0.25, 0.3) is 0 Å². The van der Waals surface area contributed by atoms with Gasteiger partial charge in [-0.2, -0.15) is 0 Å². The Hall–Kier alpha value is -0.250. The minimum atomic E-state index is 0.645. The van der Waals surface area contributed by atoms with Crippen LogP contribution in [0.3, 0.4) is 0 Å². The largest absolute Gasteiger partial charge is 0.369 e. The first-order chi connectivity index (χ1) is 8.61. The lowest BCUT2D eigenvalue weighted by molar-refractivity contribution is 0.209. The van der Waals surface area contributed by atoms with Crippen LogP contribution in [0.1, 0.15) is 19.4 Å². The summed E-state index contributed by atoms with van der Waals surface area (Å²) in [5.41, 5.74) is 2.40. The van der Waals surface area contributed by atoms with Crippen molar-refractivity contribution in [1.29, 1.82) is 0 Å². The fourth-order valence-electron chi connectivity index (χ4n) is 2.34. The van der Waals surface area contributed by atoms with E-state index < -0.39 is 0 Å². The SMILES string of the molecule is CC(C)N1CCN(c2ccc(CBr)c(Cl)c2)CC1. The smallest absolute Gasteiger partial charge is 0.0467 e. The molecule has 1 aliphatic rings. The summed E-state index contributed by atoms with van der Waals surface area (Å²) in [7, 11) is 0. The highest BCUT2D eigenvalue weighted by Crippen LogP contribution is 2.26. The molecule has 0 atom stereocenters. The molecule has 0 aromatic heterocycles. The molecule has 0 unspecified atom stereocenters. The molecule has 100 valence electrons. The number of anilines is 1. The average Bonchev–Trinajstić information content (AvgIpc) is 2.38. The Labute approximate surface area is 123 Å². The van der Waals surface area contributed by atoms with E-state index in [1.807, 2.05) is 0 Å². The topological polar surface area (TPSA) is 6.48 Å². The first kappa shape index (κ1) is 14.2. The predicted molar refractivity (Wildman–Crippen MR) is 83.0 cm³/mol. The molecule has 2 rings (SSSR count). The number of hydrogen-bond acceptors (Lipinski definition) is 2. The highest BCUT2D eigenvalue weighted by molar-refractivity contribution is 9.08. The Bertz CT molecular complexity index is 401. The number of piperazine rings is 1. The van der Waals surface area contributed by atoms with Gasteiger partial charge in [-0.3, -0.25) is 4.90 Å². The molecule has 0 radical (unpaired) electrons. The number of halogens is 2. The Kier molecular flexibility index (Phi) is 4.93. The summed E-state index contributed by atoms with van der Waals surface area (Å²) in [4.78, 5) is 4.94. The van der Waals surface area contributed by atoms with Crippen LogP contribution in [0.15, 0.2) is 18.2 Å². The van der Waals surface area contributed by atoms with Gasteiger partial charge in [0.2, 0.25) is 0 Å². The fraction of sp³-hybridized carbons (Fsp3) is 0.571. The van der Waals surface area contributed by atoms with Crippen molar-refractivity contribution in [1.82, 2.24) is 4.90 Å². The third-order valence-electron chi connectivity index (χ3n) is 3.59. The van der Waals surface area contributed by atoms with Gasteiger partial charge in [0.25, 0.3) is 0 Å². The van der Waals surface area contributed by atoms with Crippen LogP contribution in [0.4, 0.5) is 5.69 Å². The van der Waals surface area contributed by atoms with Gasteiger partial charge in [-0.15, -0.1) is 0 Å². The number of alkyl halides is 1. The van der Waals surface area contributed by atoms with Crippen molar-refractivity contribution in [3.63, 3.8) is 0 Å². The standard InChI is InChI=1S/C14H20BrClN2/c1-11(2)17-5-7-18(8-6-17)13-4-3-12(10-15)14(16)9-13/h3-4,9,11H,5-8,10H2,1-2H3. The van der Waals surface area contributed by atoms with Gasteiger partial charge in [0.15, 0.2) is 0 Å². The summed E-state index contributed by atoms with van der Waals surface area (Å²) in [5, 5.41) is 1.67. The molecular formula is C14H20BrClN2. The van der Waals surface area contributed by atoms with Crippen molar-refractivity contribution in [3.05, 3.63) is 28.8 Å². The van der Waals surface area contributed by atoms with Gasteiger partial charge in [-0.1, -0.05) is 33.6 Å². The van der Waals surface area contributed by atoms with E-state index in [1.165, 1.54) is 5.69 Å². The Morgan fingerprint density at radius 1 is 1.22 bits per heavy atom. The molecule has 18 heavy (non-hydrogen) atoms. The zero-order valence-corrected chi connectivity index (χ0v) is 13.3. The predicted octanol–water partition coefficient (Wildman–Crippen LogP) is 3.77. The highest BCUT2D eigenvalue weighted by atomic mass is 79.9. The average molecular weight is 332 g/mol. The van der Waals surface area contributed by atoms with Crippen molar-refractivity contribution in [2.24, 2.45) is 0 Å². The molecule has 1 aromatic carbocycles. The minimum Gasteiger partial charge on any atom is -0.369 e. The summed E-state index contributed by atoms with van der Waals surface area (Å²) < 4.78 is 0. The number of nitrogens with zero attached hydrogens (tertiary/aromatic N) is 2. The van der Waals surface area contributed by atoms with Crippen LogP contribution in [0, 0.1) is 0 Å². The Balaban J connectivity index is 2.03. The molecule has 1 aromatic rings. The van der Waals surface area contributed by atoms with Gasteiger partial charge in [-0.05, 0) is 31.5 Å². The zero-order chi connectivity index (χ0) is 13.1. The zero-order valence-electron chi connectivity index (χ0n) is 11.0. The fourth-order valence-corrected chi connectivity index (χ4v) is 3.23. The van der Waals surface area contributed by atoms with E-state index in [0.717, 1.165) is 42.1 Å². The quantitative estimate of drug-likeness (QED) is 0.778. The second-order valence-corrected chi connectivity index (χ2v) is 5.99. The third-order valence-corrected chi connectivity index (χ3v) is 4.55. The molecule has 4 heteroatoms. The lowest BCUT2D eigenvalue weighted by atomic mass is 10.2. The molecule has 1 saturated heterocycles. The Morgan fingerprint density at radius 3 is 2.39 bits per heavy atom. The molecule has 0 amide bonds. The van der Waals surface area contributed by atoms with Crippen LogP contribution in [-0.4, -0.2) is 37.1 Å². The number of benzene rings is 1. The van der Waals surface area contributed by atoms with Crippen LogP contribution in [-0.2, 0) is 5.33 Å². The monoisotopic (exact) mass is 330 g/mol. The molecule has 0 saturated carbocycles. The summed E-state index contributed by atoms with van der Waals surface area (Å²) in [6.45, 7) is 8.96. The van der Waals surface area contributed by atoms with E-state index in [1.54, 1.807) is 0 Å². The van der Waals surface area contributed by atoms with Crippen molar-refractivity contribution < 1.29 is 0 Å². The maximum absolute atomic E-state index is 6.26. The molecular weight excluding hydrogens is 312 g/mol. The maximum atomic E-state index is 6.26. The van der Waals surface area contributed by atoms with E-state index in [9.17, 15) is 0 Å². The van der Waals surface area contributed by atoms with Crippen LogP contribution < -0.4 is 4.90 Å². The van der Waals surface area contributed by atoms with Gasteiger partial charge in [0.05, 0.1) is 0 Å². The lowest BCUT2D eigenvalue weighted by Gasteiger charge is -2.38. The third kappa shape index (κ3) is 3.19. The van der Waals surface area contributed by atoms with Gasteiger partial charge in [0.1, 0.15) is 0 Å². The van der Waals surface area contributed by atoms with Crippen LogP contribution in [0.5, 0.6) is 0 Å². The molecule has 1 aliphatic heterocycles. The van der Waals surface area contributed by atoms with Crippen molar-refractivity contribution in [2.75, 3.05) is 31.1 Å². The van der Waals surface area contributed by atoms with E-state index in [4.69, 9.17) is 11.6 Å². The first-order valence-electron chi connectivity index (χ1n) is 6.45. The summed E-state index contributed by atoms with van der Waals surface area (Å²) >= 11 is 9.71. The molecule has 0 spiro atoms. The highest BCUT2D eigenvalue weighted by Gasteiger charge is 2.19. The van der Waals surface area contributed by atoms with Crippen LogP contribution in [0.2, 0.25) is 5.02 Å². The summed E-state index contributed by atoms with van der Waals surface area (Å²) in [6.07, 6.45) is 0. The van der Waals surface area contributed by atoms with Crippen molar-refractivity contribution in [3.8, 4) is 0 Å². The van der Waals surface area contributed by atoms with E-state index in [-0.39, 0.29) is 0 Å². The van der Waals surface area contributed by atoms with E-state index in [0.29, 0.717) is 6.04 Å². The van der Waals surface area contributed by atoms with E-state index >= 15 is 0 Å². The summed E-state index contributed by atoms with van der Waals surface area (Å²) in [5.74, 6) is 0. The van der Waals surface area contributed by atoms with E-state index in [2.05, 4.69) is 57.8 Å². The normalized spacial score (nSPS) is 17.5. The summed E-state index contributed by atoms with van der Waals surface area (Å²) in [6, 6.07) is 7.02. The van der Waals surface area contributed by atoms with Gasteiger partial charge < -0.3 is 4.90 Å². The molecule has 1 heterocycles. The maximum Gasteiger partial charge on any atom is 0.0467 e. The molecule has 0 N–H and O–H groups in total. The number of rotatable bonds is 3. The van der Waals surface area contributed by atoms with Gasteiger partial charge in [-0.25, -0.2) is 0 Å². The lowest BCUT2D eigenvalue weighted by Crippen LogP contribution is -2.48. The van der Waals surface area contributed by atoms with Crippen molar-refractivity contribution in [2.45, 2.75) is 25.2 Å². The second kappa shape index (κ2) is 6.27. The molecule has 1 fully saturated rings. The van der Waals surface area contributed by atoms with Crippen LogP contribution >= 0.6 is 27.5 Å². The van der Waals surface area contributed by atoms with Gasteiger partial charge in [0, 0.05) is 48.3 Å². The minimum absolute atomic E-state index is 0.645. The molecule has 0 aliphatic carbocycles. The number of hydrogen-bond donors (Lipinski definition) is 0. The molecule has 2 nitrogen and oxygen atoms in total. The second-order valence-electron chi connectivity index (χ2n) is 5.03. The first-order valence-corrected chi connectivity index (χ1v) is 7.95. The Morgan fingerprint density at radius 2 is 1.89 bits per heavy atom. The molecule has 0 bridgehead atoms. The van der Waals surface area contributed by atoms with Gasteiger partial charge >= 0.3 is 0 Å². The van der Waals surface area contributed by atoms with Crippen molar-refractivity contribution >= 4 is 33.2 Å².